The maximum Gasteiger partial charge on any atom is 0.252 e. The summed E-state index contributed by atoms with van der Waals surface area (Å²) >= 11 is 4.73. The molecule has 5 heteroatoms. The van der Waals surface area contributed by atoms with E-state index in [1.165, 1.54) is 11.3 Å². The van der Waals surface area contributed by atoms with Crippen molar-refractivity contribution in [3.8, 4) is 0 Å². The molecule has 1 unspecified atom stereocenters. The molecule has 0 aliphatic rings. The minimum absolute atomic E-state index is 0.0446. The number of carbonyl (C=O) groups excluding carboxylic acids is 1. The van der Waals surface area contributed by atoms with Crippen molar-refractivity contribution in [2.75, 3.05) is 6.61 Å². The topological polar surface area (TPSA) is 49.3 Å². The molecular weight excluding hydrogens is 254 g/mol. The summed E-state index contributed by atoms with van der Waals surface area (Å²) in [6.07, 6.45) is 0. The van der Waals surface area contributed by atoms with Gasteiger partial charge < -0.3 is 10.4 Å². The van der Waals surface area contributed by atoms with Crippen LogP contribution < -0.4 is 5.32 Å². The van der Waals surface area contributed by atoms with Gasteiger partial charge in [-0.3, -0.25) is 4.79 Å². The molecule has 0 saturated heterocycles. The van der Waals surface area contributed by atoms with Crippen molar-refractivity contribution in [3.63, 3.8) is 0 Å². The molecule has 0 saturated carbocycles. The van der Waals surface area contributed by atoms with Crippen molar-refractivity contribution in [1.29, 1.82) is 0 Å². The van der Waals surface area contributed by atoms with E-state index < -0.39 is 0 Å². The Bertz CT molecular complexity index is 300. The minimum Gasteiger partial charge on any atom is -0.394 e. The molecule has 1 atom stereocenters. The maximum absolute atomic E-state index is 11.4. The second-order valence-electron chi connectivity index (χ2n) is 2.70. The number of halogens is 1. The van der Waals surface area contributed by atoms with E-state index in [1.54, 1.807) is 18.4 Å². The van der Waals surface area contributed by atoms with E-state index in [2.05, 4.69) is 21.2 Å². The Morgan fingerprint density at radius 3 is 3.00 bits per heavy atom. The lowest BCUT2D eigenvalue weighted by Gasteiger charge is -2.08. The van der Waals surface area contributed by atoms with Crippen LogP contribution in [0.25, 0.3) is 0 Å². The van der Waals surface area contributed by atoms with Crippen LogP contribution in [0.5, 0.6) is 0 Å². The molecule has 0 aromatic carbocycles. The number of carbonyl (C=O) groups is 1. The molecule has 0 aliphatic heterocycles. The van der Waals surface area contributed by atoms with E-state index in [-0.39, 0.29) is 18.6 Å². The van der Waals surface area contributed by atoms with Crippen molar-refractivity contribution >= 4 is 33.2 Å². The Balaban J connectivity index is 2.58. The third kappa shape index (κ3) is 3.10. The quantitative estimate of drug-likeness (QED) is 0.871. The molecule has 0 bridgehead atoms. The van der Waals surface area contributed by atoms with Gasteiger partial charge in [0.25, 0.3) is 5.91 Å². The smallest absolute Gasteiger partial charge is 0.252 e. The number of nitrogens with one attached hydrogen (secondary N) is 1. The number of aliphatic hydroxyl groups is 1. The van der Waals surface area contributed by atoms with E-state index in [0.29, 0.717) is 5.56 Å². The third-order valence-electron chi connectivity index (χ3n) is 1.48. The van der Waals surface area contributed by atoms with Gasteiger partial charge in [0.15, 0.2) is 0 Å². The number of amides is 1. The number of rotatable bonds is 3. The molecule has 1 heterocycles. The predicted octanol–water partition coefficient (Wildman–Crippen LogP) is 1.62. The summed E-state index contributed by atoms with van der Waals surface area (Å²) in [6.45, 7) is 1.70. The van der Waals surface area contributed by atoms with Crippen molar-refractivity contribution in [1.82, 2.24) is 5.32 Å². The SMILES string of the molecule is CC(CO)NC(=O)c1csc(Br)c1. The standard InChI is InChI=1S/C8H10BrNO2S/c1-5(3-11)10-8(12)6-2-7(9)13-4-6/h2,4-5,11H,3H2,1H3,(H,10,12). The highest BCUT2D eigenvalue weighted by atomic mass is 79.9. The van der Waals surface area contributed by atoms with Gasteiger partial charge in [-0.05, 0) is 28.9 Å². The van der Waals surface area contributed by atoms with Gasteiger partial charge in [-0.15, -0.1) is 11.3 Å². The molecule has 0 fully saturated rings. The minimum atomic E-state index is -0.203. The fourth-order valence-corrected chi connectivity index (χ4v) is 1.92. The third-order valence-corrected chi connectivity index (χ3v) is 2.99. The first-order chi connectivity index (χ1) is 6.13. The van der Waals surface area contributed by atoms with Crippen LogP contribution in [0.3, 0.4) is 0 Å². The van der Waals surface area contributed by atoms with Crippen LogP contribution in [-0.4, -0.2) is 23.7 Å². The second-order valence-corrected chi connectivity index (χ2v) is 4.99. The summed E-state index contributed by atoms with van der Waals surface area (Å²) in [5.41, 5.74) is 0.622. The summed E-state index contributed by atoms with van der Waals surface area (Å²) in [7, 11) is 0. The number of hydrogen-bond donors (Lipinski definition) is 2. The zero-order valence-corrected chi connectivity index (χ0v) is 9.48. The van der Waals surface area contributed by atoms with Crippen LogP contribution in [-0.2, 0) is 0 Å². The summed E-state index contributed by atoms with van der Waals surface area (Å²) < 4.78 is 0.925. The summed E-state index contributed by atoms with van der Waals surface area (Å²) in [6, 6.07) is 1.55. The molecule has 0 aliphatic carbocycles. The summed E-state index contributed by atoms with van der Waals surface area (Å²) in [4.78, 5) is 11.4. The molecule has 72 valence electrons. The molecular formula is C8H10BrNO2S. The Kier molecular flexibility index (Phi) is 3.90. The average molecular weight is 264 g/mol. The Morgan fingerprint density at radius 2 is 2.54 bits per heavy atom. The van der Waals surface area contributed by atoms with Crippen LogP contribution in [0.15, 0.2) is 15.2 Å². The zero-order chi connectivity index (χ0) is 9.84. The number of hydrogen-bond acceptors (Lipinski definition) is 3. The lowest BCUT2D eigenvalue weighted by molar-refractivity contribution is 0.0923. The monoisotopic (exact) mass is 263 g/mol. The highest BCUT2D eigenvalue weighted by molar-refractivity contribution is 9.11. The highest BCUT2D eigenvalue weighted by Crippen LogP contribution is 2.20. The normalized spacial score (nSPS) is 12.5. The van der Waals surface area contributed by atoms with Gasteiger partial charge in [-0.25, -0.2) is 0 Å². The van der Waals surface area contributed by atoms with Crippen molar-refractivity contribution in [2.45, 2.75) is 13.0 Å². The van der Waals surface area contributed by atoms with Crippen molar-refractivity contribution in [3.05, 3.63) is 20.8 Å². The van der Waals surface area contributed by atoms with Gasteiger partial charge in [0, 0.05) is 11.4 Å². The van der Waals surface area contributed by atoms with Crippen molar-refractivity contribution < 1.29 is 9.90 Å². The van der Waals surface area contributed by atoms with Crippen LogP contribution in [0.4, 0.5) is 0 Å². The van der Waals surface area contributed by atoms with Gasteiger partial charge in [0.1, 0.15) is 0 Å². The lowest BCUT2D eigenvalue weighted by atomic mass is 10.3. The van der Waals surface area contributed by atoms with E-state index in [9.17, 15) is 4.79 Å². The number of thiophene rings is 1. The van der Waals surface area contributed by atoms with E-state index in [1.807, 2.05) is 0 Å². The molecule has 0 radical (unpaired) electrons. The largest absolute Gasteiger partial charge is 0.394 e. The van der Waals surface area contributed by atoms with Crippen LogP contribution >= 0.6 is 27.3 Å². The molecule has 13 heavy (non-hydrogen) atoms. The van der Waals surface area contributed by atoms with Crippen LogP contribution in [0.2, 0.25) is 0 Å². The van der Waals surface area contributed by atoms with E-state index in [0.717, 1.165) is 3.79 Å². The molecule has 1 aromatic heterocycles. The first kappa shape index (κ1) is 10.7. The Morgan fingerprint density at radius 1 is 1.85 bits per heavy atom. The van der Waals surface area contributed by atoms with Gasteiger partial charge >= 0.3 is 0 Å². The van der Waals surface area contributed by atoms with Crippen LogP contribution in [0.1, 0.15) is 17.3 Å². The molecule has 3 nitrogen and oxygen atoms in total. The molecule has 1 amide bonds. The van der Waals surface area contributed by atoms with Crippen molar-refractivity contribution in [2.24, 2.45) is 0 Å². The second kappa shape index (κ2) is 4.74. The Labute approximate surface area is 88.9 Å². The molecule has 2 N–H and O–H groups in total. The fraction of sp³-hybridized carbons (Fsp3) is 0.375. The average Bonchev–Trinajstić information content (AvgIpc) is 2.51. The highest BCUT2D eigenvalue weighted by Gasteiger charge is 2.09. The number of aliphatic hydroxyl groups excluding tert-OH is 1. The van der Waals surface area contributed by atoms with E-state index in [4.69, 9.17) is 5.11 Å². The molecule has 1 aromatic rings. The zero-order valence-electron chi connectivity index (χ0n) is 7.08. The van der Waals surface area contributed by atoms with Gasteiger partial charge in [0.2, 0.25) is 0 Å². The Hall–Kier alpha value is -0.390. The fourth-order valence-electron chi connectivity index (χ4n) is 0.782. The predicted molar refractivity (Wildman–Crippen MR) is 56.0 cm³/mol. The molecule has 1 rings (SSSR count). The maximum atomic E-state index is 11.4. The van der Waals surface area contributed by atoms with Gasteiger partial charge in [0.05, 0.1) is 16.0 Å². The summed E-state index contributed by atoms with van der Waals surface area (Å²) in [5, 5.41) is 13.1. The lowest BCUT2D eigenvalue weighted by Crippen LogP contribution is -2.34. The first-order valence-electron chi connectivity index (χ1n) is 3.79. The van der Waals surface area contributed by atoms with E-state index >= 15 is 0 Å². The first-order valence-corrected chi connectivity index (χ1v) is 5.46. The molecule has 0 spiro atoms. The summed E-state index contributed by atoms with van der Waals surface area (Å²) in [5.74, 6) is -0.150. The van der Waals surface area contributed by atoms with Crippen LogP contribution in [0, 0.1) is 0 Å². The van der Waals surface area contributed by atoms with Gasteiger partial charge in [-0.2, -0.15) is 0 Å². The van der Waals surface area contributed by atoms with Gasteiger partial charge in [-0.1, -0.05) is 0 Å².